The van der Waals surface area contributed by atoms with Crippen LogP contribution in [0.3, 0.4) is 0 Å². The molecule has 3 aromatic rings. The molecular formula is C21H24N2O3. The molecule has 0 amide bonds. The van der Waals surface area contributed by atoms with Crippen LogP contribution in [0.4, 0.5) is 0 Å². The van der Waals surface area contributed by atoms with E-state index in [9.17, 15) is 5.11 Å². The van der Waals surface area contributed by atoms with Gasteiger partial charge in [-0.1, -0.05) is 44.2 Å². The zero-order chi connectivity index (χ0) is 18.7. The van der Waals surface area contributed by atoms with Crippen LogP contribution >= 0.6 is 0 Å². The van der Waals surface area contributed by atoms with Crippen LogP contribution in [-0.2, 0) is 5.60 Å². The van der Waals surface area contributed by atoms with Crippen molar-refractivity contribution in [2.24, 2.45) is 5.92 Å². The van der Waals surface area contributed by atoms with E-state index in [0.29, 0.717) is 17.2 Å². The second-order valence-electron chi connectivity index (χ2n) is 6.52. The van der Waals surface area contributed by atoms with Gasteiger partial charge in [-0.15, -0.1) is 0 Å². The average Bonchev–Trinajstić information content (AvgIpc) is 3.22. The lowest BCUT2D eigenvalue weighted by atomic mass is 9.80. The largest absolute Gasteiger partial charge is 0.493 e. The average molecular weight is 352 g/mol. The fourth-order valence-corrected chi connectivity index (χ4v) is 3.18. The van der Waals surface area contributed by atoms with Crippen LogP contribution in [0.15, 0.2) is 55.0 Å². The number of H-pyrrole nitrogens is 1. The Morgan fingerprint density at radius 1 is 0.962 bits per heavy atom. The lowest BCUT2D eigenvalue weighted by molar-refractivity contribution is 0.0279. The third kappa shape index (κ3) is 3.06. The highest BCUT2D eigenvalue weighted by molar-refractivity contribution is 5.67. The van der Waals surface area contributed by atoms with E-state index in [1.54, 1.807) is 26.7 Å². The maximum Gasteiger partial charge on any atom is 0.161 e. The summed E-state index contributed by atoms with van der Waals surface area (Å²) in [5, 5.41) is 11.3. The zero-order valence-corrected chi connectivity index (χ0v) is 15.5. The summed E-state index contributed by atoms with van der Waals surface area (Å²) in [5.41, 5.74) is 2.33. The van der Waals surface area contributed by atoms with Crippen LogP contribution in [0, 0.1) is 5.92 Å². The Morgan fingerprint density at radius 3 is 2.15 bits per heavy atom. The number of nitrogens with one attached hydrogen (secondary N) is 1. The SMILES string of the molecule is COc1ccc(-c2ccc(C(O)(c3c[nH]cn3)C(C)C)cc2)cc1OC. The number of aromatic nitrogens is 2. The molecule has 3 rings (SSSR count). The molecule has 0 saturated heterocycles. The summed E-state index contributed by atoms with van der Waals surface area (Å²) in [6, 6.07) is 13.7. The normalized spacial score (nSPS) is 13.5. The van der Waals surface area contributed by atoms with E-state index < -0.39 is 5.60 Å². The molecule has 1 heterocycles. The summed E-state index contributed by atoms with van der Waals surface area (Å²) in [6.07, 6.45) is 3.32. The molecule has 0 aliphatic rings. The fraction of sp³-hybridized carbons (Fsp3) is 0.286. The summed E-state index contributed by atoms with van der Waals surface area (Å²) >= 11 is 0. The molecule has 0 saturated carbocycles. The highest BCUT2D eigenvalue weighted by atomic mass is 16.5. The molecule has 136 valence electrons. The highest BCUT2D eigenvalue weighted by Crippen LogP contribution is 2.37. The minimum atomic E-state index is -1.14. The molecule has 5 heteroatoms. The Bertz CT molecular complexity index is 857. The third-order valence-electron chi connectivity index (χ3n) is 4.77. The van der Waals surface area contributed by atoms with Crippen LogP contribution < -0.4 is 9.47 Å². The van der Waals surface area contributed by atoms with Crippen molar-refractivity contribution in [3.8, 4) is 22.6 Å². The van der Waals surface area contributed by atoms with Gasteiger partial charge < -0.3 is 19.6 Å². The first kappa shape index (κ1) is 18.0. The van der Waals surface area contributed by atoms with Crippen LogP contribution in [0.25, 0.3) is 11.1 Å². The molecule has 0 spiro atoms. The number of hydrogen-bond acceptors (Lipinski definition) is 4. The van der Waals surface area contributed by atoms with Crippen molar-refractivity contribution in [2.75, 3.05) is 14.2 Å². The highest BCUT2D eigenvalue weighted by Gasteiger charge is 2.37. The number of methoxy groups -OCH3 is 2. The van der Waals surface area contributed by atoms with Gasteiger partial charge in [0.25, 0.3) is 0 Å². The predicted octanol–water partition coefficient (Wildman–Crippen LogP) is 3.99. The second kappa shape index (κ2) is 7.22. The maximum absolute atomic E-state index is 11.3. The van der Waals surface area contributed by atoms with Crippen LogP contribution in [0.1, 0.15) is 25.1 Å². The quantitative estimate of drug-likeness (QED) is 0.704. The summed E-state index contributed by atoms with van der Waals surface area (Å²) < 4.78 is 10.7. The van der Waals surface area contributed by atoms with E-state index in [4.69, 9.17) is 9.47 Å². The molecule has 0 aliphatic carbocycles. The monoisotopic (exact) mass is 352 g/mol. The molecule has 0 radical (unpaired) electrons. The minimum Gasteiger partial charge on any atom is -0.493 e. The van der Waals surface area contributed by atoms with E-state index in [1.165, 1.54) is 0 Å². The topological polar surface area (TPSA) is 67.4 Å². The molecule has 1 unspecified atom stereocenters. The molecule has 26 heavy (non-hydrogen) atoms. The number of aliphatic hydroxyl groups is 1. The van der Waals surface area contributed by atoms with Gasteiger partial charge in [0, 0.05) is 6.20 Å². The van der Waals surface area contributed by atoms with Crippen molar-refractivity contribution in [1.29, 1.82) is 0 Å². The number of imidazole rings is 1. The Hall–Kier alpha value is -2.79. The van der Waals surface area contributed by atoms with Crippen LogP contribution in [-0.4, -0.2) is 29.3 Å². The first-order valence-electron chi connectivity index (χ1n) is 8.55. The number of hydrogen-bond donors (Lipinski definition) is 2. The number of benzene rings is 2. The number of rotatable bonds is 6. The van der Waals surface area contributed by atoms with Gasteiger partial charge in [0.05, 0.1) is 26.2 Å². The Balaban J connectivity index is 1.98. The van der Waals surface area contributed by atoms with Gasteiger partial charge in [0.2, 0.25) is 0 Å². The van der Waals surface area contributed by atoms with E-state index >= 15 is 0 Å². The van der Waals surface area contributed by atoms with Crippen molar-refractivity contribution >= 4 is 0 Å². The predicted molar refractivity (Wildman–Crippen MR) is 101 cm³/mol. The maximum atomic E-state index is 11.3. The van der Waals surface area contributed by atoms with Crippen LogP contribution in [0.5, 0.6) is 11.5 Å². The van der Waals surface area contributed by atoms with Gasteiger partial charge in [-0.25, -0.2) is 4.98 Å². The van der Waals surface area contributed by atoms with Gasteiger partial charge in [0.15, 0.2) is 11.5 Å². The van der Waals surface area contributed by atoms with Gasteiger partial charge in [0.1, 0.15) is 5.60 Å². The second-order valence-corrected chi connectivity index (χ2v) is 6.52. The van der Waals surface area contributed by atoms with Gasteiger partial charge in [-0.3, -0.25) is 0 Å². The van der Waals surface area contributed by atoms with E-state index in [0.717, 1.165) is 16.7 Å². The molecule has 0 bridgehead atoms. The summed E-state index contributed by atoms with van der Waals surface area (Å²) in [6.45, 7) is 3.97. The number of ether oxygens (including phenoxy) is 2. The van der Waals surface area contributed by atoms with Gasteiger partial charge in [-0.2, -0.15) is 0 Å². The zero-order valence-electron chi connectivity index (χ0n) is 15.5. The molecule has 2 aromatic carbocycles. The van der Waals surface area contributed by atoms with Crippen molar-refractivity contribution < 1.29 is 14.6 Å². The van der Waals surface area contributed by atoms with Crippen LogP contribution in [0.2, 0.25) is 0 Å². The third-order valence-corrected chi connectivity index (χ3v) is 4.77. The number of nitrogens with zero attached hydrogens (tertiary/aromatic N) is 1. The Morgan fingerprint density at radius 2 is 1.62 bits per heavy atom. The standard InChI is InChI=1S/C21H24N2O3/c1-14(2)21(24,20-12-22-13-23-20)17-8-5-15(6-9-17)16-7-10-18(25-3)19(11-16)26-4/h5-14,24H,1-4H3,(H,22,23). The minimum absolute atomic E-state index is 0.0299. The lowest BCUT2D eigenvalue weighted by Gasteiger charge is -2.31. The molecule has 1 atom stereocenters. The number of aromatic amines is 1. The van der Waals surface area contributed by atoms with Crippen molar-refractivity contribution in [2.45, 2.75) is 19.4 Å². The summed E-state index contributed by atoms with van der Waals surface area (Å²) in [5.74, 6) is 1.35. The Kier molecular flexibility index (Phi) is 5.00. The molecular weight excluding hydrogens is 328 g/mol. The van der Waals surface area contributed by atoms with Gasteiger partial charge in [-0.05, 0) is 34.7 Å². The molecule has 2 N–H and O–H groups in total. The lowest BCUT2D eigenvalue weighted by Crippen LogP contribution is -2.33. The Labute approximate surface area is 153 Å². The molecule has 0 fully saturated rings. The van der Waals surface area contributed by atoms with Crippen molar-refractivity contribution in [3.05, 3.63) is 66.2 Å². The van der Waals surface area contributed by atoms with Crippen molar-refractivity contribution in [1.82, 2.24) is 9.97 Å². The van der Waals surface area contributed by atoms with Crippen molar-refractivity contribution in [3.63, 3.8) is 0 Å². The molecule has 1 aromatic heterocycles. The molecule has 5 nitrogen and oxygen atoms in total. The fourth-order valence-electron chi connectivity index (χ4n) is 3.18. The van der Waals surface area contributed by atoms with E-state index in [-0.39, 0.29) is 5.92 Å². The summed E-state index contributed by atoms with van der Waals surface area (Å²) in [4.78, 5) is 7.20. The first-order chi connectivity index (χ1) is 12.5. The van der Waals surface area contributed by atoms with Gasteiger partial charge >= 0.3 is 0 Å². The van der Waals surface area contributed by atoms with E-state index in [1.807, 2.05) is 56.3 Å². The van der Waals surface area contributed by atoms with E-state index in [2.05, 4.69) is 9.97 Å². The smallest absolute Gasteiger partial charge is 0.161 e. The molecule has 0 aliphatic heterocycles. The first-order valence-corrected chi connectivity index (χ1v) is 8.55. The summed E-state index contributed by atoms with van der Waals surface area (Å²) in [7, 11) is 3.24.